The average Bonchev–Trinajstić information content (AvgIpc) is 3.16. The summed E-state index contributed by atoms with van der Waals surface area (Å²) in [7, 11) is 1.65. The van der Waals surface area contributed by atoms with Gasteiger partial charge in [0.1, 0.15) is 6.61 Å². The molecule has 0 fully saturated rings. The number of ether oxygens (including phenoxy) is 4. The van der Waals surface area contributed by atoms with Crippen LogP contribution in [-0.2, 0) is 19.4 Å². The molecule has 3 aliphatic heterocycles. The molecule has 0 bridgehead atoms. The zero-order chi connectivity index (χ0) is 18.4. The molecule has 0 radical (unpaired) electrons. The van der Waals surface area contributed by atoms with Gasteiger partial charge in [0.05, 0.1) is 13.7 Å². The molecule has 2 aromatic carbocycles. The average molecular weight is 369 g/mol. The second-order valence-corrected chi connectivity index (χ2v) is 7.19. The van der Waals surface area contributed by atoms with Crippen molar-refractivity contribution in [2.24, 2.45) is 0 Å². The molecule has 1 N–H and O–H groups in total. The number of nitrogens with zero attached hydrogens (tertiary/aromatic N) is 1. The summed E-state index contributed by atoms with van der Waals surface area (Å²) in [5, 5.41) is 9.08. The Balaban J connectivity index is 1.51. The highest BCUT2D eigenvalue weighted by Crippen LogP contribution is 2.45. The first-order valence-electron chi connectivity index (χ1n) is 9.36. The molecular formula is C21H23NO5. The van der Waals surface area contributed by atoms with Crippen molar-refractivity contribution in [1.82, 2.24) is 4.90 Å². The number of aliphatic hydroxyl groups is 1. The van der Waals surface area contributed by atoms with Gasteiger partial charge in [0.25, 0.3) is 0 Å². The minimum absolute atomic E-state index is 0.0167. The van der Waals surface area contributed by atoms with Gasteiger partial charge in [-0.3, -0.25) is 4.90 Å². The predicted octanol–water partition coefficient (Wildman–Crippen LogP) is 2.45. The zero-order valence-corrected chi connectivity index (χ0v) is 15.4. The number of methoxy groups -OCH3 is 1. The van der Waals surface area contributed by atoms with E-state index in [1.165, 1.54) is 22.3 Å². The molecule has 3 aliphatic rings. The van der Waals surface area contributed by atoms with Crippen LogP contribution in [0.2, 0.25) is 0 Å². The van der Waals surface area contributed by atoms with Crippen LogP contribution in [0.5, 0.6) is 23.0 Å². The van der Waals surface area contributed by atoms with Crippen LogP contribution in [0.3, 0.4) is 0 Å². The number of hydrogen-bond acceptors (Lipinski definition) is 6. The van der Waals surface area contributed by atoms with E-state index in [1.54, 1.807) is 7.11 Å². The SMILES string of the molecule is COc1cc2c(cc1OCCO)CC1c3cc4c(cc3CCN1C2)OCO4. The van der Waals surface area contributed by atoms with Crippen LogP contribution in [-0.4, -0.2) is 43.7 Å². The first-order valence-corrected chi connectivity index (χ1v) is 9.36. The van der Waals surface area contributed by atoms with Crippen molar-refractivity contribution in [2.75, 3.05) is 33.7 Å². The molecule has 0 spiro atoms. The van der Waals surface area contributed by atoms with Gasteiger partial charge in [-0.25, -0.2) is 0 Å². The minimum atomic E-state index is -0.0167. The maximum Gasteiger partial charge on any atom is 0.231 e. The second kappa shape index (κ2) is 6.62. The largest absolute Gasteiger partial charge is 0.493 e. The van der Waals surface area contributed by atoms with E-state index < -0.39 is 0 Å². The van der Waals surface area contributed by atoms with Gasteiger partial charge in [-0.05, 0) is 59.4 Å². The van der Waals surface area contributed by atoms with Gasteiger partial charge in [-0.2, -0.15) is 0 Å². The lowest BCUT2D eigenvalue weighted by Gasteiger charge is -2.41. The molecule has 3 heterocycles. The first kappa shape index (κ1) is 16.7. The van der Waals surface area contributed by atoms with Crippen molar-refractivity contribution in [3.8, 4) is 23.0 Å². The molecule has 1 unspecified atom stereocenters. The third kappa shape index (κ3) is 2.80. The molecule has 0 amide bonds. The Kier molecular flexibility index (Phi) is 4.10. The van der Waals surface area contributed by atoms with Gasteiger partial charge in [0.2, 0.25) is 6.79 Å². The molecule has 1 atom stereocenters. The number of benzene rings is 2. The van der Waals surface area contributed by atoms with Gasteiger partial charge in [-0.15, -0.1) is 0 Å². The number of hydrogen-bond donors (Lipinski definition) is 1. The van der Waals surface area contributed by atoms with E-state index in [1.807, 2.05) is 0 Å². The smallest absolute Gasteiger partial charge is 0.231 e. The number of fused-ring (bicyclic) bond motifs is 5. The zero-order valence-electron chi connectivity index (χ0n) is 15.4. The van der Waals surface area contributed by atoms with Crippen LogP contribution in [0.25, 0.3) is 0 Å². The van der Waals surface area contributed by atoms with Crippen molar-refractivity contribution in [2.45, 2.75) is 25.4 Å². The number of aliphatic hydroxyl groups excluding tert-OH is 1. The van der Waals surface area contributed by atoms with Gasteiger partial charge in [0, 0.05) is 19.1 Å². The maximum atomic E-state index is 9.08. The lowest BCUT2D eigenvalue weighted by molar-refractivity contribution is 0.159. The molecule has 142 valence electrons. The van der Waals surface area contributed by atoms with Crippen LogP contribution in [0.4, 0.5) is 0 Å². The van der Waals surface area contributed by atoms with E-state index in [0.29, 0.717) is 18.6 Å². The summed E-state index contributed by atoms with van der Waals surface area (Å²) >= 11 is 0. The van der Waals surface area contributed by atoms with Gasteiger partial charge < -0.3 is 24.1 Å². The molecular weight excluding hydrogens is 346 g/mol. The quantitative estimate of drug-likeness (QED) is 0.893. The van der Waals surface area contributed by atoms with Crippen molar-refractivity contribution >= 4 is 0 Å². The summed E-state index contributed by atoms with van der Waals surface area (Å²) in [6.07, 6.45) is 1.94. The summed E-state index contributed by atoms with van der Waals surface area (Å²) in [5.74, 6) is 3.13. The highest BCUT2D eigenvalue weighted by atomic mass is 16.7. The Hall–Kier alpha value is -2.44. The molecule has 0 saturated carbocycles. The fraction of sp³-hybridized carbons (Fsp3) is 0.429. The van der Waals surface area contributed by atoms with E-state index in [9.17, 15) is 0 Å². The molecule has 0 saturated heterocycles. The molecule has 27 heavy (non-hydrogen) atoms. The molecule has 2 aromatic rings. The Morgan fingerprint density at radius 1 is 1.07 bits per heavy atom. The topological polar surface area (TPSA) is 60.4 Å². The van der Waals surface area contributed by atoms with E-state index in [2.05, 4.69) is 29.2 Å². The minimum Gasteiger partial charge on any atom is -0.493 e. The summed E-state index contributed by atoms with van der Waals surface area (Å²) in [6, 6.07) is 8.78. The lowest BCUT2D eigenvalue weighted by Crippen LogP contribution is -2.39. The Bertz CT molecular complexity index is 881. The first-order chi connectivity index (χ1) is 13.3. The predicted molar refractivity (Wildman–Crippen MR) is 98.7 cm³/mol. The second-order valence-electron chi connectivity index (χ2n) is 7.19. The van der Waals surface area contributed by atoms with Crippen LogP contribution < -0.4 is 18.9 Å². The van der Waals surface area contributed by atoms with Gasteiger partial charge in [0.15, 0.2) is 23.0 Å². The normalized spacial score (nSPS) is 19.9. The Morgan fingerprint density at radius 3 is 2.70 bits per heavy atom. The molecule has 6 nitrogen and oxygen atoms in total. The summed E-state index contributed by atoms with van der Waals surface area (Å²) in [5.41, 5.74) is 5.25. The summed E-state index contributed by atoms with van der Waals surface area (Å²) in [4.78, 5) is 2.53. The monoisotopic (exact) mass is 369 g/mol. The summed E-state index contributed by atoms with van der Waals surface area (Å²) < 4.78 is 22.3. The summed E-state index contributed by atoms with van der Waals surface area (Å²) in [6.45, 7) is 2.47. The maximum absolute atomic E-state index is 9.08. The van der Waals surface area contributed by atoms with Crippen LogP contribution >= 0.6 is 0 Å². The molecule has 0 aromatic heterocycles. The Morgan fingerprint density at radius 2 is 1.89 bits per heavy atom. The van der Waals surface area contributed by atoms with Crippen molar-refractivity contribution in [3.63, 3.8) is 0 Å². The van der Waals surface area contributed by atoms with Crippen LogP contribution in [0.15, 0.2) is 24.3 Å². The number of rotatable bonds is 4. The third-order valence-electron chi connectivity index (χ3n) is 5.72. The molecule has 6 heteroatoms. The Labute approximate surface area is 158 Å². The van der Waals surface area contributed by atoms with E-state index in [4.69, 9.17) is 24.1 Å². The lowest BCUT2D eigenvalue weighted by atomic mass is 9.83. The highest BCUT2D eigenvalue weighted by Gasteiger charge is 2.34. The molecule has 0 aliphatic carbocycles. The molecule has 5 rings (SSSR count). The fourth-order valence-corrected chi connectivity index (χ4v) is 4.41. The van der Waals surface area contributed by atoms with E-state index in [0.717, 1.165) is 43.2 Å². The van der Waals surface area contributed by atoms with E-state index >= 15 is 0 Å². The van der Waals surface area contributed by atoms with E-state index in [-0.39, 0.29) is 13.2 Å². The fourth-order valence-electron chi connectivity index (χ4n) is 4.41. The third-order valence-corrected chi connectivity index (χ3v) is 5.72. The van der Waals surface area contributed by atoms with Crippen molar-refractivity contribution in [3.05, 3.63) is 46.5 Å². The van der Waals surface area contributed by atoms with Crippen LogP contribution in [0.1, 0.15) is 28.3 Å². The van der Waals surface area contributed by atoms with Gasteiger partial charge >= 0.3 is 0 Å². The van der Waals surface area contributed by atoms with Gasteiger partial charge in [-0.1, -0.05) is 0 Å². The van der Waals surface area contributed by atoms with Crippen molar-refractivity contribution < 1.29 is 24.1 Å². The highest BCUT2D eigenvalue weighted by molar-refractivity contribution is 5.53. The van der Waals surface area contributed by atoms with Crippen molar-refractivity contribution in [1.29, 1.82) is 0 Å². The standard InChI is InChI=1S/C21H23NO5/c1-24-18-9-15-11-22-3-2-13-7-20-21(27-12-26-20)10-16(13)17(22)6-14(15)8-19(18)25-5-4-23/h7-10,17,23H,2-6,11-12H2,1H3. The van der Waals surface area contributed by atoms with Crippen LogP contribution in [0, 0.1) is 0 Å².